The fourth-order valence-corrected chi connectivity index (χ4v) is 4.15. The zero-order chi connectivity index (χ0) is 24.7. The molecule has 0 unspecified atom stereocenters. The fourth-order valence-electron chi connectivity index (χ4n) is 2.90. The number of methoxy groups -OCH3 is 1. The third-order valence-electron chi connectivity index (χ3n) is 4.45. The topological polar surface area (TPSA) is 152 Å². The molecule has 3 aromatic carbocycles. The number of carbonyl (C=O) groups is 1. The van der Waals surface area contributed by atoms with Crippen LogP contribution in [0.5, 0.6) is 5.75 Å². The van der Waals surface area contributed by atoms with Gasteiger partial charge in [-0.2, -0.15) is 5.10 Å². The number of hydrogen-bond acceptors (Lipinski definition) is 8. The summed E-state index contributed by atoms with van der Waals surface area (Å²) < 4.78 is 33.8. The predicted molar refractivity (Wildman–Crippen MR) is 129 cm³/mol. The number of non-ortho nitro benzene ring substituents is 1. The van der Waals surface area contributed by atoms with E-state index < -0.39 is 20.6 Å². The normalized spacial score (nSPS) is 11.1. The second-order valence-corrected chi connectivity index (χ2v) is 8.57. The first-order chi connectivity index (χ1) is 16.2. The zero-order valence-electron chi connectivity index (χ0n) is 18.2. The van der Waals surface area contributed by atoms with Crippen molar-refractivity contribution >= 4 is 44.9 Å². The van der Waals surface area contributed by atoms with Gasteiger partial charge in [-0.3, -0.25) is 25.1 Å². The molecular weight excluding hydrogens is 462 g/mol. The van der Waals surface area contributed by atoms with Crippen molar-refractivity contribution in [2.24, 2.45) is 5.10 Å². The Hall–Kier alpha value is -4.45. The van der Waals surface area contributed by atoms with Crippen molar-refractivity contribution in [1.29, 1.82) is 0 Å². The molecule has 0 spiro atoms. The molecule has 12 heteroatoms. The molecule has 1 amide bonds. The maximum atomic E-state index is 13.1. The van der Waals surface area contributed by atoms with Crippen molar-refractivity contribution in [3.05, 3.63) is 82.4 Å². The van der Waals surface area contributed by atoms with Crippen LogP contribution in [-0.4, -0.2) is 32.6 Å². The van der Waals surface area contributed by atoms with Gasteiger partial charge >= 0.3 is 0 Å². The summed E-state index contributed by atoms with van der Waals surface area (Å²) in [4.78, 5) is 21.3. The lowest BCUT2D eigenvalue weighted by atomic mass is 10.2. The molecule has 0 bridgehead atoms. The Morgan fingerprint density at radius 3 is 2.41 bits per heavy atom. The summed E-state index contributed by atoms with van der Waals surface area (Å²) in [6.45, 7) is 1.40. The lowest BCUT2D eigenvalue weighted by molar-refractivity contribution is -0.385. The summed E-state index contributed by atoms with van der Waals surface area (Å²) in [6.07, 6.45) is 1.43. The van der Waals surface area contributed by atoms with Gasteiger partial charge in [0.2, 0.25) is 5.91 Å². The van der Waals surface area contributed by atoms with Gasteiger partial charge in [0, 0.05) is 24.7 Å². The van der Waals surface area contributed by atoms with Gasteiger partial charge in [-0.05, 0) is 35.9 Å². The summed E-state index contributed by atoms with van der Waals surface area (Å²) in [5, 5.41) is 17.9. The third kappa shape index (κ3) is 6.07. The minimum atomic E-state index is -4.26. The second-order valence-electron chi connectivity index (χ2n) is 6.92. The Morgan fingerprint density at radius 1 is 1.06 bits per heavy atom. The number of nitro benzene ring substituents is 1. The van der Waals surface area contributed by atoms with E-state index in [0.717, 1.165) is 6.07 Å². The van der Waals surface area contributed by atoms with E-state index in [1.165, 1.54) is 38.4 Å². The Balaban J connectivity index is 1.88. The molecule has 0 saturated heterocycles. The Labute approximate surface area is 195 Å². The van der Waals surface area contributed by atoms with Crippen molar-refractivity contribution in [2.45, 2.75) is 11.8 Å². The number of para-hydroxylation sites is 2. The molecule has 0 heterocycles. The zero-order valence-corrected chi connectivity index (χ0v) is 19.0. The maximum Gasteiger partial charge on any atom is 0.270 e. The summed E-state index contributed by atoms with van der Waals surface area (Å²) in [7, 11) is -2.86. The lowest BCUT2D eigenvalue weighted by Gasteiger charge is -2.14. The Morgan fingerprint density at radius 2 is 1.76 bits per heavy atom. The number of anilines is 3. The van der Waals surface area contributed by atoms with Crippen LogP contribution in [0.2, 0.25) is 0 Å². The van der Waals surface area contributed by atoms with Crippen LogP contribution in [-0.2, 0) is 14.8 Å². The summed E-state index contributed by atoms with van der Waals surface area (Å²) in [5.74, 6) is 0.0865. The first kappa shape index (κ1) is 24.2. The number of ether oxygens (including phenoxy) is 1. The average molecular weight is 484 g/mol. The molecule has 3 rings (SSSR count). The molecule has 0 aliphatic rings. The van der Waals surface area contributed by atoms with Crippen molar-refractivity contribution in [3.8, 4) is 5.75 Å². The molecular formula is C22H21N5O6S. The molecule has 176 valence electrons. The summed E-state index contributed by atoms with van der Waals surface area (Å²) in [5.41, 5.74) is 3.70. The van der Waals surface area contributed by atoms with Crippen molar-refractivity contribution < 1.29 is 22.9 Å². The number of amides is 1. The first-order valence-corrected chi connectivity index (χ1v) is 11.3. The summed E-state index contributed by atoms with van der Waals surface area (Å²) in [6, 6.07) is 16.5. The minimum absolute atomic E-state index is 0.0270. The largest absolute Gasteiger partial charge is 0.495 e. The number of carbonyl (C=O) groups excluding carboxylic acids is 1. The fraction of sp³-hybridized carbons (Fsp3) is 0.0909. The smallest absolute Gasteiger partial charge is 0.270 e. The van der Waals surface area contributed by atoms with Crippen LogP contribution in [0.3, 0.4) is 0 Å². The minimum Gasteiger partial charge on any atom is -0.495 e. The first-order valence-electron chi connectivity index (χ1n) is 9.80. The molecule has 0 aromatic heterocycles. The Bertz CT molecular complexity index is 1340. The van der Waals surface area contributed by atoms with E-state index in [-0.39, 0.29) is 27.9 Å². The van der Waals surface area contributed by atoms with Crippen LogP contribution >= 0.6 is 0 Å². The molecule has 0 aliphatic carbocycles. The third-order valence-corrected chi connectivity index (χ3v) is 5.85. The van der Waals surface area contributed by atoms with Gasteiger partial charge in [-0.1, -0.05) is 24.3 Å². The van der Waals surface area contributed by atoms with E-state index in [1.54, 1.807) is 42.5 Å². The molecule has 0 radical (unpaired) electrons. The number of benzene rings is 3. The molecule has 0 saturated carbocycles. The van der Waals surface area contributed by atoms with Crippen LogP contribution in [0.15, 0.2) is 76.7 Å². The highest BCUT2D eigenvalue weighted by atomic mass is 32.2. The second kappa shape index (κ2) is 10.4. The molecule has 0 atom stereocenters. The number of nitro groups is 1. The summed E-state index contributed by atoms with van der Waals surface area (Å²) >= 11 is 0. The van der Waals surface area contributed by atoms with Crippen molar-refractivity contribution in [2.75, 3.05) is 22.6 Å². The number of sulfonamides is 1. The van der Waals surface area contributed by atoms with Crippen molar-refractivity contribution in [1.82, 2.24) is 0 Å². The van der Waals surface area contributed by atoms with Gasteiger partial charge < -0.3 is 10.1 Å². The van der Waals surface area contributed by atoms with Crippen LogP contribution in [0.25, 0.3) is 0 Å². The maximum absolute atomic E-state index is 13.1. The number of hydrogen-bond donors (Lipinski definition) is 3. The van der Waals surface area contributed by atoms with Gasteiger partial charge in [-0.25, -0.2) is 8.42 Å². The van der Waals surface area contributed by atoms with Crippen LogP contribution in [0.1, 0.15) is 12.5 Å². The monoisotopic (exact) mass is 483 g/mol. The highest BCUT2D eigenvalue weighted by Crippen LogP contribution is 2.31. The van der Waals surface area contributed by atoms with Crippen LogP contribution < -0.4 is 20.2 Å². The molecule has 3 aromatic rings. The SMILES string of the molecule is COc1ccccc1NS(=O)(=O)c1cc([N+](=O)[O-])ccc1NN=Cc1ccc(NC(C)=O)cc1. The van der Waals surface area contributed by atoms with Gasteiger partial charge in [0.15, 0.2) is 0 Å². The van der Waals surface area contributed by atoms with Gasteiger partial charge in [0.05, 0.1) is 29.6 Å². The van der Waals surface area contributed by atoms with E-state index in [1.807, 2.05) is 0 Å². The standard InChI is InChI=1S/C22H21N5O6S/c1-15(28)24-17-9-7-16(8-10-17)14-23-25-20-12-11-18(27(29)30)13-22(20)34(31,32)26-19-5-3-4-6-21(19)33-2/h3-14,25-26H,1-2H3,(H,24,28). The van der Waals surface area contributed by atoms with E-state index in [0.29, 0.717) is 11.3 Å². The van der Waals surface area contributed by atoms with E-state index in [2.05, 4.69) is 20.6 Å². The molecule has 34 heavy (non-hydrogen) atoms. The van der Waals surface area contributed by atoms with Gasteiger partial charge in [0.25, 0.3) is 15.7 Å². The highest BCUT2D eigenvalue weighted by Gasteiger charge is 2.23. The Kier molecular flexibility index (Phi) is 7.43. The quantitative estimate of drug-likeness (QED) is 0.238. The van der Waals surface area contributed by atoms with Crippen LogP contribution in [0.4, 0.5) is 22.7 Å². The number of rotatable bonds is 9. The molecule has 3 N–H and O–H groups in total. The molecule has 11 nitrogen and oxygen atoms in total. The predicted octanol–water partition coefficient (Wildman–Crippen LogP) is 3.81. The lowest BCUT2D eigenvalue weighted by Crippen LogP contribution is -2.15. The van der Waals surface area contributed by atoms with E-state index in [9.17, 15) is 23.3 Å². The number of nitrogens with zero attached hydrogens (tertiary/aromatic N) is 2. The molecule has 0 aliphatic heterocycles. The van der Waals surface area contributed by atoms with Crippen LogP contribution in [0, 0.1) is 10.1 Å². The number of nitrogens with one attached hydrogen (secondary N) is 3. The van der Waals surface area contributed by atoms with E-state index >= 15 is 0 Å². The highest BCUT2D eigenvalue weighted by molar-refractivity contribution is 7.93. The number of hydrazone groups is 1. The van der Waals surface area contributed by atoms with E-state index in [4.69, 9.17) is 4.74 Å². The van der Waals surface area contributed by atoms with Gasteiger partial charge in [0.1, 0.15) is 10.6 Å². The molecule has 0 fully saturated rings. The van der Waals surface area contributed by atoms with Gasteiger partial charge in [-0.15, -0.1) is 0 Å². The average Bonchev–Trinajstić information content (AvgIpc) is 2.80. The van der Waals surface area contributed by atoms with Crippen molar-refractivity contribution in [3.63, 3.8) is 0 Å².